The number of hydrogen-bond acceptors (Lipinski definition) is 5. The van der Waals surface area contributed by atoms with E-state index in [1.807, 2.05) is 0 Å². The Bertz CT molecular complexity index is 534. The van der Waals surface area contributed by atoms with Crippen molar-refractivity contribution >= 4 is 9.84 Å². The first kappa shape index (κ1) is 16.8. The van der Waals surface area contributed by atoms with Crippen molar-refractivity contribution in [2.45, 2.75) is 32.1 Å². The van der Waals surface area contributed by atoms with Crippen LogP contribution in [0.5, 0.6) is 11.5 Å². The van der Waals surface area contributed by atoms with Crippen molar-refractivity contribution < 1.29 is 23.0 Å². The summed E-state index contributed by atoms with van der Waals surface area (Å²) >= 11 is 0. The number of hydrogen-bond donors (Lipinski definition) is 1. The first-order valence-electron chi connectivity index (χ1n) is 6.48. The van der Waals surface area contributed by atoms with Crippen LogP contribution in [-0.4, -0.2) is 38.2 Å². The highest BCUT2D eigenvalue weighted by atomic mass is 32.2. The fourth-order valence-electron chi connectivity index (χ4n) is 1.62. The molecule has 0 saturated carbocycles. The Hall–Kier alpha value is -1.27. The summed E-state index contributed by atoms with van der Waals surface area (Å²) in [6.45, 7) is 4.96. The molecule has 0 radical (unpaired) electrons. The molecule has 1 N–H and O–H groups in total. The molecule has 6 heteroatoms. The maximum Gasteiger partial charge on any atom is 0.155 e. The van der Waals surface area contributed by atoms with Crippen LogP contribution >= 0.6 is 0 Å². The largest absolute Gasteiger partial charge is 0.497 e. The van der Waals surface area contributed by atoms with Crippen molar-refractivity contribution in [3.8, 4) is 11.5 Å². The van der Waals surface area contributed by atoms with Crippen LogP contribution in [0.15, 0.2) is 18.2 Å². The molecule has 0 bridgehead atoms. The zero-order valence-corrected chi connectivity index (χ0v) is 13.1. The molecule has 0 aromatic heterocycles. The van der Waals surface area contributed by atoms with Crippen molar-refractivity contribution in [1.29, 1.82) is 0 Å². The molecule has 1 rings (SSSR count). The van der Waals surface area contributed by atoms with Gasteiger partial charge in [-0.25, -0.2) is 8.42 Å². The van der Waals surface area contributed by atoms with E-state index in [0.29, 0.717) is 17.1 Å². The Balaban J connectivity index is 2.81. The third-order valence-corrected chi connectivity index (χ3v) is 5.19. The normalized spacial score (nSPS) is 13.3. The molecular weight excluding hydrogens is 280 g/mol. The van der Waals surface area contributed by atoms with Crippen molar-refractivity contribution in [1.82, 2.24) is 0 Å². The number of rotatable bonds is 7. The standard InChI is InChI=1S/C14H22O5S/c1-10(2)20(16,17)8-7-19-14-9-12(18-4)5-6-13(14)11(3)15/h5-6,9-11,15H,7-8H2,1-4H3/t11-/m1/s1. The van der Waals surface area contributed by atoms with Gasteiger partial charge in [0.15, 0.2) is 9.84 Å². The molecule has 1 aromatic carbocycles. The smallest absolute Gasteiger partial charge is 0.155 e. The van der Waals surface area contributed by atoms with Crippen molar-refractivity contribution in [2.24, 2.45) is 0 Å². The summed E-state index contributed by atoms with van der Waals surface area (Å²) in [7, 11) is -1.60. The predicted octanol–water partition coefficient (Wildman–Crippen LogP) is 1.95. The monoisotopic (exact) mass is 302 g/mol. The highest BCUT2D eigenvalue weighted by Gasteiger charge is 2.17. The van der Waals surface area contributed by atoms with E-state index in [1.54, 1.807) is 39.0 Å². The molecule has 0 fully saturated rings. The molecule has 1 atom stereocenters. The second kappa shape index (κ2) is 6.95. The van der Waals surface area contributed by atoms with Crippen LogP contribution in [-0.2, 0) is 9.84 Å². The number of benzene rings is 1. The van der Waals surface area contributed by atoms with Gasteiger partial charge in [-0.3, -0.25) is 0 Å². The van der Waals surface area contributed by atoms with Gasteiger partial charge in [0.25, 0.3) is 0 Å². The molecule has 0 spiro atoms. The quantitative estimate of drug-likeness (QED) is 0.833. The fraction of sp³-hybridized carbons (Fsp3) is 0.571. The van der Waals surface area contributed by atoms with Crippen LogP contribution in [0.1, 0.15) is 32.4 Å². The molecule has 114 valence electrons. The van der Waals surface area contributed by atoms with Gasteiger partial charge in [-0.15, -0.1) is 0 Å². The van der Waals surface area contributed by atoms with Crippen LogP contribution < -0.4 is 9.47 Å². The minimum Gasteiger partial charge on any atom is -0.497 e. The number of aliphatic hydroxyl groups is 1. The molecule has 0 aliphatic rings. The summed E-state index contributed by atoms with van der Waals surface area (Å²) < 4.78 is 34.0. The topological polar surface area (TPSA) is 72.8 Å². The Morgan fingerprint density at radius 3 is 2.40 bits per heavy atom. The van der Waals surface area contributed by atoms with Gasteiger partial charge < -0.3 is 14.6 Å². The molecular formula is C14H22O5S. The summed E-state index contributed by atoms with van der Waals surface area (Å²) in [5, 5.41) is 9.25. The Morgan fingerprint density at radius 1 is 1.25 bits per heavy atom. The lowest BCUT2D eigenvalue weighted by Crippen LogP contribution is -2.22. The average molecular weight is 302 g/mol. The third kappa shape index (κ3) is 4.38. The number of methoxy groups -OCH3 is 1. The summed E-state index contributed by atoms with van der Waals surface area (Å²) in [4.78, 5) is 0. The van der Waals surface area contributed by atoms with E-state index in [1.165, 1.54) is 7.11 Å². The Kier molecular flexibility index (Phi) is 5.83. The number of sulfone groups is 1. The summed E-state index contributed by atoms with van der Waals surface area (Å²) in [5.41, 5.74) is 0.604. The summed E-state index contributed by atoms with van der Waals surface area (Å²) in [6, 6.07) is 5.07. The predicted molar refractivity (Wildman–Crippen MR) is 78.0 cm³/mol. The van der Waals surface area contributed by atoms with Gasteiger partial charge >= 0.3 is 0 Å². The molecule has 20 heavy (non-hydrogen) atoms. The minimum atomic E-state index is -3.14. The molecule has 1 aromatic rings. The minimum absolute atomic E-state index is 0.0490. The van der Waals surface area contributed by atoms with Gasteiger partial charge in [-0.1, -0.05) is 0 Å². The zero-order chi connectivity index (χ0) is 15.3. The third-order valence-electron chi connectivity index (χ3n) is 3.01. The first-order valence-corrected chi connectivity index (χ1v) is 8.20. The van der Waals surface area contributed by atoms with E-state index in [4.69, 9.17) is 9.47 Å². The van der Waals surface area contributed by atoms with Gasteiger partial charge in [0.05, 0.1) is 24.2 Å². The molecule has 0 saturated heterocycles. The highest BCUT2D eigenvalue weighted by molar-refractivity contribution is 7.91. The second-order valence-corrected chi connectivity index (χ2v) is 7.52. The van der Waals surface area contributed by atoms with E-state index in [9.17, 15) is 13.5 Å². The van der Waals surface area contributed by atoms with Crippen LogP contribution in [0.4, 0.5) is 0 Å². The lowest BCUT2D eigenvalue weighted by atomic mass is 10.1. The zero-order valence-electron chi connectivity index (χ0n) is 12.3. The van der Waals surface area contributed by atoms with Crippen LogP contribution in [0.3, 0.4) is 0 Å². The summed E-state index contributed by atoms with van der Waals surface area (Å²) in [5.74, 6) is 0.982. The summed E-state index contributed by atoms with van der Waals surface area (Å²) in [6.07, 6.45) is -0.697. The molecule has 0 unspecified atom stereocenters. The number of aliphatic hydroxyl groups excluding tert-OH is 1. The van der Waals surface area contributed by atoms with E-state index >= 15 is 0 Å². The van der Waals surface area contributed by atoms with E-state index in [2.05, 4.69) is 0 Å². The van der Waals surface area contributed by atoms with Gasteiger partial charge in [-0.2, -0.15) is 0 Å². The van der Waals surface area contributed by atoms with Crippen LogP contribution in [0.2, 0.25) is 0 Å². The average Bonchev–Trinajstić information content (AvgIpc) is 2.37. The van der Waals surface area contributed by atoms with E-state index in [-0.39, 0.29) is 12.4 Å². The van der Waals surface area contributed by atoms with Crippen LogP contribution in [0.25, 0.3) is 0 Å². The fourth-order valence-corrected chi connectivity index (χ4v) is 2.40. The van der Waals surface area contributed by atoms with Gasteiger partial charge in [0.2, 0.25) is 0 Å². The molecule has 0 aliphatic carbocycles. The maximum atomic E-state index is 11.7. The van der Waals surface area contributed by atoms with Gasteiger partial charge in [0, 0.05) is 11.6 Å². The highest BCUT2D eigenvalue weighted by Crippen LogP contribution is 2.29. The lowest BCUT2D eigenvalue weighted by molar-refractivity contribution is 0.192. The SMILES string of the molecule is COc1ccc([C@@H](C)O)c(OCCS(=O)(=O)C(C)C)c1. The van der Waals surface area contributed by atoms with Gasteiger partial charge in [-0.05, 0) is 32.9 Å². The molecule has 0 heterocycles. The van der Waals surface area contributed by atoms with Crippen molar-refractivity contribution in [2.75, 3.05) is 19.5 Å². The first-order chi connectivity index (χ1) is 9.27. The van der Waals surface area contributed by atoms with Crippen molar-refractivity contribution in [3.05, 3.63) is 23.8 Å². The van der Waals surface area contributed by atoms with Crippen LogP contribution in [0, 0.1) is 0 Å². The lowest BCUT2D eigenvalue weighted by Gasteiger charge is -2.15. The maximum absolute atomic E-state index is 11.7. The second-order valence-electron chi connectivity index (χ2n) is 4.84. The van der Waals surface area contributed by atoms with Crippen molar-refractivity contribution in [3.63, 3.8) is 0 Å². The number of ether oxygens (including phenoxy) is 2. The molecule has 0 amide bonds. The van der Waals surface area contributed by atoms with Gasteiger partial charge in [0.1, 0.15) is 18.1 Å². The Labute approximate surface area is 120 Å². The van der Waals surface area contributed by atoms with E-state index in [0.717, 1.165) is 0 Å². The Morgan fingerprint density at radius 2 is 1.90 bits per heavy atom. The van der Waals surface area contributed by atoms with E-state index < -0.39 is 21.2 Å². The molecule has 5 nitrogen and oxygen atoms in total. The molecule has 0 aliphatic heterocycles.